The molecule has 0 aliphatic heterocycles. The Morgan fingerprint density at radius 3 is 2.53 bits per heavy atom. The molecule has 0 fully saturated rings. The van der Waals surface area contributed by atoms with Gasteiger partial charge in [0.15, 0.2) is 5.78 Å². The predicted molar refractivity (Wildman–Crippen MR) is 74.4 cm³/mol. The van der Waals surface area contributed by atoms with Crippen LogP contribution >= 0.6 is 11.3 Å². The topological polar surface area (TPSA) is 70.2 Å². The van der Waals surface area contributed by atoms with Gasteiger partial charge in [0, 0.05) is 5.56 Å². The first-order valence-corrected chi connectivity index (χ1v) is 6.42. The van der Waals surface area contributed by atoms with Gasteiger partial charge >= 0.3 is 4.87 Å². The second-order valence-corrected chi connectivity index (χ2v) is 5.08. The first kappa shape index (κ1) is 11.7. The molecule has 2 aromatic rings. The molecule has 3 rings (SSSR count). The van der Waals surface area contributed by atoms with Gasteiger partial charge in [-0.05, 0) is 23.3 Å². The molecule has 1 aromatic carbocycles. The molecule has 1 aromatic heterocycles. The Bertz CT molecular complexity index is 780. The van der Waals surface area contributed by atoms with Crippen molar-refractivity contribution in [1.29, 1.82) is 0 Å². The van der Waals surface area contributed by atoms with Crippen LogP contribution in [-0.2, 0) is 0 Å². The van der Waals surface area contributed by atoms with E-state index >= 15 is 0 Å². The van der Waals surface area contributed by atoms with Crippen molar-refractivity contribution in [1.82, 2.24) is 4.98 Å². The molecule has 5 heteroatoms. The lowest BCUT2D eigenvalue weighted by molar-refractivity contribution is 0.104. The lowest BCUT2D eigenvalue weighted by Gasteiger charge is -2.12. The molecule has 4 nitrogen and oxygen atoms in total. The quantitative estimate of drug-likeness (QED) is 0.837. The van der Waals surface area contributed by atoms with Gasteiger partial charge in [-0.25, -0.2) is 0 Å². The van der Waals surface area contributed by atoms with Gasteiger partial charge in [-0.15, -0.1) is 0 Å². The summed E-state index contributed by atoms with van der Waals surface area (Å²) in [6.45, 7) is 0. The summed E-state index contributed by atoms with van der Waals surface area (Å²) in [6, 6.07) is 7.25. The number of ketones is 1. The van der Waals surface area contributed by atoms with Gasteiger partial charge in [0.05, 0.1) is 4.88 Å². The van der Waals surface area contributed by atoms with Gasteiger partial charge < -0.3 is 5.11 Å². The van der Waals surface area contributed by atoms with Gasteiger partial charge in [0.2, 0.25) is 5.88 Å². The number of rotatable bonds is 1. The molecule has 1 aliphatic rings. The third kappa shape index (κ3) is 2.04. The van der Waals surface area contributed by atoms with E-state index in [9.17, 15) is 14.7 Å². The maximum Gasteiger partial charge on any atom is 0.307 e. The maximum absolute atomic E-state index is 11.7. The van der Waals surface area contributed by atoms with Crippen molar-refractivity contribution in [3.63, 3.8) is 0 Å². The van der Waals surface area contributed by atoms with Crippen LogP contribution in [0.25, 0.3) is 11.6 Å². The van der Waals surface area contributed by atoms with Crippen molar-refractivity contribution >= 4 is 28.8 Å². The summed E-state index contributed by atoms with van der Waals surface area (Å²) in [5, 5.41) is 9.58. The third-order valence-corrected chi connectivity index (χ3v) is 3.68. The third-order valence-electron chi connectivity index (χ3n) is 2.86. The number of aromatic hydroxyl groups is 1. The minimum Gasteiger partial charge on any atom is -0.493 e. The number of thiazole rings is 1. The van der Waals surface area contributed by atoms with Crippen molar-refractivity contribution < 1.29 is 9.90 Å². The number of carbonyl (C=O) groups excluding carboxylic acids is 1. The van der Waals surface area contributed by atoms with Crippen LogP contribution in [0.3, 0.4) is 0 Å². The van der Waals surface area contributed by atoms with Crippen LogP contribution in [-0.4, -0.2) is 15.9 Å². The second kappa shape index (κ2) is 4.37. The van der Waals surface area contributed by atoms with E-state index < -0.39 is 0 Å². The van der Waals surface area contributed by atoms with Crippen molar-refractivity contribution in [3.05, 3.63) is 62.1 Å². The molecule has 1 aliphatic carbocycles. The Balaban J connectivity index is 2.16. The van der Waals surface area contributed by atoms with E-state index in [1.807, 2.05) is 12.1 Å². The van der Waals surface area contributed by atoms with Crippen molar-refractivity contribution in [2.45, 2.75) is 0 Å². The van der Waals surface area contributed by atoms with E-state index in [-0.39, 0.29) is 16.5 Å². The molecule has 2 N–H and O–H groups in total. The normalized spacial score (nSPS) is 15.8. The van der Waals surface area contributed by atoms with Crippen LogP contribution < -0.4 is 4.87 Å². The van der Waals surface area contributed by atoms with E-state index in [2.05, 4.69) is 4.98 Å². The Morgan fingerprint density at radius 1 is 1.11 bits per heavy atom. The molecule has 1 heterocycles. The van der Waals surface area contributed by atoms with Crippen LogP contribution in [0.4, 0.5) is 0 Å². The van der Waals surface area contributed by atoms with E-state index in [0.717, 1.165) is 22.5 Å². The number of aromatic amines is 1. The number of H-pyrrole nitrogens is 1. The molecule has 0 saturated heterocycles. The zero-order chi connectivity index (χ0) is 13.4. The highest BCUT2D eigenvalue weighted by molar-refractivity contribution is 7.10. The van der Waals surface area contributed by atoms with Gasteiger partial charge in [-0.1, -0.05) is 41.7 Å². The van der Waals surface area contributed by atoms with Crippen LogP contribution in [0.1, 0.15) is 20.8 Å². The van der Waals surface area contributed by atoms with E-state index in [4.69, 9.17) is 0 Å². The molecule has 94 valence electrons. The largest absolute Gasteiger partial charge is 0.493 e. The van der Waals surface area contributed by atoms with Crippen molar-refractivity contribution in [2.75, 3.05) is 0 Å². The first-order chi connectivity index (χ1) is 9.15. The molecule has 0 amide bonds. The second-order valence-electron chi connectivity index (χ2n) is 4.07. The summed E-state index contributed by atoms with van der Waals surface area (Å²) in [7, 11) is 0. The molecule has 0 saturated carbocycles. The Morgan fingerprint density at radius 2 is 1.84 bits per heavy atom. The standard InChI is InChI=1S/C14H9NO3S/c16-11-6-5-8(9-3-1-2-4-10(9)11)7-12-13(17)15-14(18)19-12/h1-7,17H,(H,15,18)/b8-7-. The van der Waals surface area contributed by atoms with Crippen LogP contribution in [0, 0.1) is 0 Å². The fourth-order valence-electron chi connectivity index (χ4n) is 1.99. The van der Waals surface area contributed by atoms with Crippen LogP contribution in [0.5, 0.6) is 5.88 Å². The number of carbonyl (C=O) groups is 1. The maximum atomic E-state index is 11.7. The SMILES string of the molecule is O=C1C=C/C(=C/c2sc(=O)[nH]c2O)c2ccccc21. The number of fused-ring (bicyclic) bond motifs is 1. The zero-order valence-electron chi connectivity index (χ0n) is 9.71. The summed E-state index contributed by atoms with van der Waals surface area (Å²) in [4.78, 5) is 25.3. The van der Waals surface area contributed by atoms with Gasteiger partial charge in [0.1, 0.15) is 0 Å². The van der Waals surface area contributed by atoms with Gasteiger partial charge in [0.25, 0.3) is 0 Å². The lowest BCUT2D eigenvalue weighted by Crippen LogP contribution is -2.04. The van der Waals surface area contributed by atoms with E-state index in [1.54, 1.807) is 24.3 Å². The number of hydrogen-bond donors (Lipinski definition) is 2. The summed E-state index contributed by atoms with van der Waals surface area (Å²) in [6.07, 6.45) is 4.87. The number of allylic oxidation sites excluding steroid dienone is 3. The average Bonchev–Trinajstić information content (AvgIpc) is 2.72. The highest BCUT2D eigenvalue weighted by Gasteiger charge is 2.16. The Hall–Kier alpha value is -2.40. The lowest BCUT2D eigenvalue weighted by atomic mass is 9.91. The number of nitrogens with one attached hydrogen (secondary N) is 1. The number of benzene rings is 1. The molecule has 0 atom stereocenters. The Kier molecular flexibility index (Phi) is 2.68. The fraction of sp³-hybridized carbons (Fsp3) is 0. The monoisotopic (exact) mass is 271 g/mol. The van der Waals surface area contributed by atoms with E-state index in [0.29, 0.717) is 10.4 Å². The molecule has 0 spiro atoms. The predicted octanol–water partition coefficient (Wildman–Crippen LogP) is 2.44. The van der Waals surface area contributed by atoms with E-state index in [1.165, 1.54) is 6.08 Å². The number of hydrogen-bond acceptors (Lipinski definition) is 4. The molecule has 19 heavy (non-hydrogen) atoms. The van der Waals surface area contributed by atoms with Gasteiger partial charge in [-0.2, -0.15) is 0 Å². The summed E-state index contributed by atoms with van der Waals surface area (Å²) >= 11 is 0.927. The zero-order valence-corrected chi connectivity index (χ0v) is 10.5. The number of aromatic nitrogens is 1. The minimum absolute atomic E-state index is 0.0424. The highest BCUT2D eigenvalue weighted by Crippen LogP contribution is 2.30. The fourth-order valence-corrected chi connectivity index (χ4v) is 2.67. The highest BCUT2D eigenvalue weighted by atomic mass is 32.1. The molecular formula is C14H9NO3S. The smallest absolute Gasteiger partial charge is 0.307 e. The molecule has 0 bridgehead atoms. The molecule has 0 unspecified atom stereocenters. The van der Waals surface area contributed by atoms with Gasteiger partial charge in [-0.3, -0.25) is 14.6 Å². The Labute approximate surface area is 112 Å². The summed E-state index contributed by atoms with van der Waals surface area (Å²) in [5.41, 5.74) is 2.22. The minimum atomic E-state index is -0.312. The average molecular weight is 271 g/mol. The van der Waals surface area contributed by atoms with Crippen molar-refractivity contribution in [2.24, 2.45) is 0 Å². The van der Waals surface area contributed by atoms with Crippen LogP contribution in [0.15, 0.2) is 41.2 Å². The molecule has 0 radical (unpaired) electrons. The van der Waals surface area contributed by atoms with Crippen LogP contribution in [0.2, 0.25) is 0 Å². The summed E-state index contributed by atoms with van der Waals surface area (Å²) in [5.74, 6) is -0.190. The van der Waals surface area contributed by atoms with Crippen molar-refractivity contribution in [3.8, 4) is 5.88 Å². The molecular weight excluding hydrogens is 262 g/mol. The summed E-state index contributed by atoms with van der Waals surface area (Å²) < 4.78 is 0. The first-order valence-electron chi connectivity index (χ1n) is 5.61.